The van der Waals surface area contributed by atoms with Crippen LogP contribution in [0.1, 0.15) is 17.2 Å². The van der Waals surface area contributed by atoms with Gasteiger partial charge in [0, 0.05) is 31.2 Å². The first-order chi connectivity index (χ1) is 13.9. The topological polar surface area (TPSA) is 109 Å². The molecule has 0 unspecified atom stereocenters. The number of halogens is 2. The summed E-state index contributed by atoms with van der Waals surface area (Å²) in [6.45, 7) is -0.115. The van der Waals surface area contributed by atoms with Crippen molar-refractivity contribution in [2.24, 2.45) is 0 Å². The Balaban J connectivity index is 1.52. The van der Waals surface area contributed by atoms with Crippen molar-refractivity contribution >= 4 is 17.6 Å². The minimum Gasteiger partial charge on any atom is -0.386 e. The zero-order chi connectivity index (χ0) is 20.8. The molecule has 0 radical (unpaired) electrons. The molecule has 2 aromatic heterocycles. The van der Waals surface area contributed by atoms with E-state index in [0.717, 1.165) is 23.8 Å². The van der Waals surface area contributed by atoms with Gasteiger partial charge in [0.1, 0.15) is 17.7 Å². The molecule has 0 spiro atoms. The van der Waals surface area contributed by atoms with E-state index in [-0.39, 0.29) is 5.82 Å². The van der Waals surface area contributed by atoms with Crippen LogP contribution in [0.15, 0.2) is 55.0 Å². The van der Waals surface area contributed by atoms with E-state index in [0.29, 0.717) is 6.54 Å². The van der Waals surface area contributed by atoms with Gasteiger partial charge >= 0.3 is 11.8 Å². The summed E-state index contributed by atoms with van der Waals surface area (Å²) in [6.07, 6.45) is 3.29. The molecule has 3 rings (SSSR count). The maximum absolute atomic E-state index is 13.6. The van der Waals surface area contributed by atoms with Crippen LogP contribution in [-0.4, -0.2) is 38.2 Å². The summed E-state index contributed by atoms with van der Waals surface area (Å²) in [4.78, 5) is 27.8. The number of anilines is 1. The van der Waals surface area contributed by atoms with Crippen molar-refractivity contribution in [3.05, 3.63) is 77.8 Å². The lowest BCUT2D eigenvalue weighted by atomic mass is 10.1. The number of nitrogens with zero attached hydrogens (tertiary/aromatic N) is 3. The predicted octanol–water partition coefficient (Wildman–Crippen LogP) is 1.39. The van der Waals surface area contributed by atoms with Gasteiger partial charge in [-0.3, -0.25) is 19.3 Å². The monoisotopic (exact) mass is 401 g/mol. The van der Waals surface area contributed by atoms with E-state index < -0.39 is 41.7 Å². The van der Waals surface area contributed by atoms with Gasteiger partial charge in [0.05, 0.1) is 12.1 Å². The van der Waals surface area contributed by atoms with Crippen molar-refractivity contribution in [3.63, 3.8) is 0 Å². The van der Waals surface area contributed by atoms with Crippen LogP contribution in [0, 0.1) is 11.6 Å². The molecule has 10 heteroatoms. The van der Waals surface area contributed by atoms with E-state index in [2.05, 4.69) is 20.7 Å². The molecule has 2 amide bonds. The van der Waals surface area contributed by atoms with Gasteiger partial charge in [-0.25, -0.2) is 8.78 Å². The molecule has 0 bridgehead atoms. The number of carbonyl (C=O) groups is 2. The third kappa shape index (κ3) is 5.20. The maximum Gasteiger partial charge on any atom is 0.314 e. The fourth-order valence-electron chi connectivity index (χ4n) is 2.57. The van der Waals surface area contributed by atoms with Crippen LogP contribution in [0.4, 0.5) is 14.6 Å². The van der Waals surface area contributed by atoms with Crippen molar-refractivity contribution in [3.8, 4) is 0 Å². The van der Waals surface area contributed by atoms with Crippen LogP contribution in [0.5, 0.6) is 0 Å². The lowest BCUT2D eigenvalue weighted by molar-refractivity contribution is -0.136. The summed E-state index contributed by atoms with van der Waals surface area (Å²) >= 11 is 0. The Bertz CT molecular complexity index is 990. The number of carbonyl (C=O) groups excluding carboxylic acids is 2. The number of rotatable bonds is 6. The number of aromatic nitrogens is 3. The van der Waals surface area contributed by atoms with Gasteiger partial charge in [0.15, 0.2) is 5.82 Å². The van der Waals surface area contributed by atoms with Crippen LogP contribution in [-0.2, 0) is 16.1 Å². The van der Waals surface area contributed by atoms with Crippen LogP contribution in [0.25, 0.3) is 0 Å². The van der Waals surface area contributed by atoms with Crippen LogP contribution in [0.2, 0.25) is 0 Å². The largest absolute Gasteiger partial charge is 0.386 e. The first-order valence-electron chi connectivity index (χ1n) is 8.57. The van der Waals surface area contributed by atoms with Crippen LogP contribution < -0.4 is 10.6 Å². The van der Waals surface area contributed by atoms with E-state index >= 15 is 0 Å². The standard InChI is InChI=1S/C19H17F2N5O3/c20-13-4-1-5-14(21)17(13)15(27)10-23-18(28)19(29)24-16-6-8-26(25-16)11-12-3-2-7-22-9-12/h1-9,15,27H,10-11H2,(H,23,28)(H,24,25,29)/t15-/m0/s1. The number of aliphatic hydroxyl groups is 1. The molecule has 3 N–H and O–H groups in total. The molecule has 2 heterocycles. The summed E-state index contributed by atoms with van der Waals surface area (Å²) < 4.78 is 28.8. The molecular weight excluding hydrogens is 384 g/mol. The van der Waals surface area contributed by atoms with Crippen LogP contribution in [0.3, 0.4) is 0 Å². The molecule has 0 aliphatic rings. The SMILES string of the molecule is O=C(NC[C@H](O)c1c(F)cccc1F)C(=O)Nc1ccn(Cc2cccnc2)n1. The summed E-state index contributed by atoms with van der Waals surface area (Å²) in [5.74, 6) is -3.86. The van der Waals surface area contributed by atoms with Gasteiger partial charge in [0.2, 0.25) is 0 Å². The van der Waals surface area contributed by atoms with E-state index in [1.165, 1.54) is 6.07 Å². The van der Waals surface area contributed by atoms with Gasteiger partial charge in [0.25, 0.3) is 0 Å². The van der Waals surface area contributed by atoms with E-state index in [9.17, 15) is 23.5 Å². The lowest BCUT2D eigenvalue weighted by Gasteiger charge is -2.13. The second-order valence-electron chi connectivity index (χ2n) is 6.08. The van der Waals surface area contributed by atoms with Crippen molar-refractivity contribution in [1.82, 2.24) is 20.1 Å². The van der Waals surface area contributed by atoms with Crippen molar-refractivity contribution in [1.29, 1.82) is 0 Å². The lowest BCUT2D eigenvalue weighted by Crippen LogP contribution is -2.38. The molecular formula is C19H17F2N5O3. The molecule has 0 aliphatic heterocycles. The second-order valence-corrected chi connectivity index (χ2v) is 6.08. The number of hydrogen-bond donors (Lipinski definition) is 3. The van der Waals surface area contributed by atoms with Crippen molar-refractivity contribution in [2.75, 3.05) is 11.9 Å². The molecule has 29 heavy (non-hydrogen) atoms. The third-order valence-corrected chi connectivity index (χ3v) is 3.94. The summed E-state index contributed by atoms with van der Waals surface area (Å²) in [6, 6.07) is 8.28. The number of nitrogens with one attached hydrogen (secondary N) is 2. The minimum absolute atomic E-state index is 0.148. The number of pyridine rings is 1. The summed E-state index contributed by atoms with van der Waals surface area (Å²) in [7, 11) is 0. The van der Waals surface area contributed by atoms with Gasteiger partial charge in [-0.15, -0.1) is 0 Å². The van der Waals surface area contributed by atoms with E-state index in [1.54, 1.807) is 29.3 Å². The third-order valence-electron chi connectivity index (χ3n) is 3.94. The fraction of sp³-hybridized carbons (Fsp3) is 0.158. The van der Waals surface area contributed by atoms with Crippen molar-refractivity contribution in [2.45, 2.75) is 12.6 Å². The quantitative estimate of drug-likeness (QED) is 0.541. The Hall–Kier alpha value is -3.66. The molecule has 1 aromatic carbocycles. The highest BCUT2D eigenvalue weighted by molar-refractivity contribution is 6.39. The molecule has 150 valence electrons. The fourth-order valence-corrected chi connectivity index (χ4v) is 2.57. The maximum atomic E-state index is 13.6. The molecule has 0 saturated heterocycles. The Morgan fingerprint density at radius 2 is 1.86 bits per heavy atom. The average molecular weight is 401 g/mol. The van der Waals surface area contributed by atoms with Crippen LogP contribution >= 0.6 is 0 Å². The molecule has 8 nitrogen and oxygen atoms in total. The highest BCUT2D eigenvalue weighted by Gasteiger charge is 2.21. The number of hydrogen-bond acceptors (Lipinski definition) is 5. The molecule has 3 aromatic rings. The predicted molar refractivity (Wildman–Crippen MR) is 98.5 cm³/mol. The first kappa shape index (κ1) is 20.1. The zero-order valence-corrected chi connectivity index (χ0v) is 15.0. The van der Waals surface area contributed by atoms with E-state index in [1.807, 2.05) is 6.07 Å². The van der Waals surface area contributed by atoms with Gasteiger partial charge in [-0.05, 0) is 23.8 Å². The molecule has 0 fully saturated rings. The Morgan fingerprint density at radius 3 is 2.55 bits per heavy atom. The number of amides is 2. The molecule has 0 saturated carbocycles. The molecule has 0 aliphatic carbocycles. The molecule has 1 atom stereocenters. The first-order valence-corrected chi connectivity index (χ1v) is 8.57. The normalized spacial score (nSPS) is 11.7. The highest BCUT2D eigenvalue weighted by Crippen LogP contribution is 2.19. The Morgan fingerprint density at radius 1 is 1.10 bits per heavy atom. The minimum atomic E-state index is -1.65. The smallest absolute Gasteiger partial charge is 0.314 e. The summed E-state index contributed by atoms with van der Waals surface area (Å²) in [5.41, 5.74) is 0.322. The number of benzene rings is 1. The van der Waals surface area contributed by atoms with Crippen molar-refractivity contribution < 1.29 is 23.5 Å². The Kier molecular flexibility index (Phi) is 6.25. The van der Waals surface area contributed by atoms with Gasteiger partial charge in [-0.1, -0.05) is 12.1 Å². The average Bonchev–Trinajstić information content (AvgIpc) is 3.13. The number of aliphatic hydroxyl groups excluding tert-OH is 1. The second kappa shape index (κ2) is 9.02. The van der Waals surface area contributed by atoms with Gasteiger partial charge < -0.3 is 15.7 Å². The Labute approximate surface area is 164 Å². The zero-order valence-electron chi connectivity index (χ0n) is 15.0. The van der Waals surface area contributed by atoms with E-state index in [4.69, 9.17) is 0 Å². The summed E-state index contributed by atoms with van der Waals surface area (Å²) in [5, 5.41) is 18.5. The highest BCUT2D eigenvalue weighted by atomic mass is 19.1. The van der Waals surface area contributed by atoms with Gasteiger partial charge in [-0.2, -0.15) is 5.10 Å².